The van der Waals surface area contributed by atoms with Gasteiger partial charge in [0.2, 0.25) is 5.91 Å². The van der Waals surface area contributed by atoms with Gasteiger partial charge in [-0.25, -0.2) is 4.79 Å². The van der Waals surface area contributed by atoms with Crippen LogP contribution in [0.1, 0.15) is 31.4 Å². The molecule has 3 rings (SSSR count). The molecule has 5 nitrogen and oxygen atoms in total. The van der Waals surface area contributed by atoms with Crippen molar-refractivity contribution in [2.75, 3.05) is 7.05 Å². The molecule has 0 spiro atoms. The number of benzene rings is 2. The van der Waals surface area contributed by atoms with Crippen LogP contribution in [0.25, 0.3) is 0 Å². The summed E-state index contributed by atoms with van der Waals surface area (Å²) in [5.41, 5.74) is 2.05. The Kier molecular flexibility index (Phi) is 7.04. The largest absolute Gasteiger partial charge is 0.440 e. The number of nitrogens with one attached hydrogen (secondary N) is 1. The van der Waals surface area contributed by atoms with Crippen molar-refractivity contribution in [3.63, 3.8) is 0 Å². The van der Waals surface area contributed by atoms with Crippen molar-refractivity contribution < 1.29 is 14.3 Å². The van der Waals surface area contributed by atoms with Gasteiger partial charge in [0.25, 0.3) is 0 Å². The third-order valence-electron chi connectivity index (χ3n) is 5.74. The Morgan fingerprint density at radius 1 is 1.03 bits per heavy atom. The molecule has 0 radical (unpaired) electrons. The Labute approximate surface area is 173 Å². The Balaban J connectivity index is 1.91. The minimum atomic E-state index is -0.612. The predicted molar refractivity (Wildman–Crippen MR) is 113 cm³/mol. The summed E-state index contributed by atoms with van der Waals surface area (Å²) < 4.78 is 5.73. The highest BCUT2D eigenvalue weighted by Gasteiger charge is 2.47. The minimum Gasteiger partial charge on any atom is -0.440 e. The number of hydrogen-bond acceptors (Lipinski definition) is 4. The maximum atomic E-state index is 13.6. The number of cyclic esters (lactones) is 1. The normalized spacial score (nSPS) is 20.9. The van der Waals surface area contributed by atoms with Gasteiger partial charge in [0.1, 0.15) is 6.04 Å². The van der Waals surface area contributed by atoms with Crippen molar-refractivity contribution in [3.8, 4) is 0 Å². The molecule has 1 N–H and O–H groups in total. The van der Waals surface area contributed by atoms with Crippen molar-refractivity contribution in [1.82, 2.24) is 10.2 Å². The summed E-state index contributed by atoms with van der Waals surface area (Å²) in [6.45, 7) is 4.12. The van der Waals surface area contributed by atoms with Crippen molar-refractivity contribution in [2.24, 2.45) is 5.92 Å². The first-order valence-corrected chi connectivity index (χ1v) is 10.3. The molecule has 2 unspecified atom stereocenters. The highest BCUT2D eigenvalue weighted by Crippen LogP contribution is 2.27. The molecule has 0 aliphatic carbocycles. The zero-order chi connectivity index (χ0) is 20.8. The van der Waals surface area contributed by atoms with E-state index in [1.165, 1.54) is 0 Å². The van der Waals surface area contributed by atoms with E-state index in [4.69, 9.17) is 4.74 Å². The van der Waals surface area contributed by atoms with Crippen LogP contribution in [0.15, 0.2) is 60.7 Å². The molecule has 1 saturated heterocycles. The highest BCUT2D eigenvalue weighted by atomic mass is 16.6. The molecule has 1 fully saturated rings. The van der Waals surface area contributed by atoms with Gasteiger partial charge in [-0.05, 0) is 24.1 Å². The van der Waals surface area contributed by atoms with E-state index in [9.17, 15) is 9.59 Å². The minimum absolute atomic E-state index is 0.0745. The van der Waals surface area contributed by atoms with Crippen LogP contribution in [0.5, 0.6) is 0 Å². The number of ether oxygens (including phenoxy) is 1. The predicted octanol–water partition coefficient (Wildman–Crippen LogP) is 3.19. The fourth-order valence-electron chi connectivity index (χ4n) is 3.90. The van der Waals surface area contributed by atoms with Crippen molar-refractivity contribution in [2.45, 2.75) is 51.4 Å². The van der Waals surface area contributed by atoms with Gasteiger partial charge in [0.05, 0.1) is 6.04 Å². The van der Waals surface area contributed by atoms with Crippen LogP contribution in [0, 0.1) is 5.92 Å². The summed E-state index contributed by atoms with van der Waals surface area (Å²) in [7, 11) is 1.80. The van der Waals surface area contributed by atoms with Crippen LogP contribution in [-0.4, -0.2) is 42.1 Å². The van der Waals surface area contributed by atoms with Gasteiger partial charge in [-0.15, -0.1) is 0 Å². The fraction of sp³-hybridized carbons (Fsp3) is 0.417. The number of hydrogen-bond donors (Lipinski definition) is 1. The summed E-state index contributed by atoms with van der Waals surface area (Å²) in [5, 5.41) is 3.16. The van der Waals surface area contributed by atoms with Gasteiger partial charge in [0.15, 0.2) is 6.23 Å². The van der Waals surface area contributed by atoms with Crippen molar-refractivity contribution in [3.05, 3.63) is 71.8 Å². The molecule has 0 saturated carbocycles. The van der Waals surface area contributed by atoms with Gasteiger partial charge < -0.3 is 10.1 Å². The quantitative estimate of drug-likeness (QED) is 0.699. The second-order valence-electron chi connectivity index (χ2n) is 7.68. The SMILES string of the molecule is CCC(C)C(NC)C(=O)N1[C@H](Cc2ccccc2)OC(=O)[C@@H]1Cc1ccccc1. The lowest BCUT2D eigenvalue weighted by molar-refractivity contribution is -0.144. The van der Waals surface area contributed by atoms with Gasteiger partial charge in [-0.1, -0.05) is 80.9 Å². The van der Waals surface area contributed by atoms with Crippen LogP contribution in [0.4, 0.5) is 0 Å². The Morgan fingerprint density at radius 2 is 1.59 bits per heavy atom. The maximum absolute atomic E-state index is 13.6. The van der Waals surface area contributed by atoms with Crippen molar-refractivity contribution in [1.29, 1.82) is 0 Å². The van der Waals surface area contributed by atoms with Crippen LogP contribution in [0.2, 0.25) is 0 Å². The van der Waals surface area contributed by atoms with E-state index >= 15 is 0 Å². The van der Waals surface area contributed by atoms with E-state index in [0.717, 1.165) is 17.5 Å². The molecule has 1 amide bonds. The molecule has 1 aliphatic heterocycles. The molecular weight excluding hydrogens is 364 g/mol. The average molecular weight is 395 g/mol. The Hall–Kier alpha value is -2.66. The number of likely N-dealkylation sites (N-methyl/N-ethyl adjacent to an activating group) is 1. The summed E-state index contributed by atoms with van der Waals surface area (Å²) in [6.07, 6.45) is 1.21. The first-order valence-electron chi connectivity index (χ1n) is 10.3. The zero-order valence-corrected chi connectivity index (χ0v) is 17.4. The molecule has 4 atom stereocenters. The first kappa shape index (κ1) is 21.1. The van der Waals surface area contributed by atoms with Gasteiger partial charge in [0, 0.05) is 12.8 Å². The second-order valence-corrected chi connectivity index (χ2v) is 7.68. The smallest absolute Gasteiger partial charge is 0.331 e. The first-order chi connectivity index (χ1) is 14.0. The number of amides is 1. The highest BCUT2D eigenvalue weighted by molar-refractivity contribution is 5.90. The van der Waals surface area contributed by atoms with Crippen molar-refractivity contribution >= 4 is 11.9 Å². The van der Waals surface area contributed by atoms with E-state index in [1.807, 2.05) is 60.7 Å². The monoisotopic (exact) mass is 394 g/mol. The maximum Gasteiger partial charge on any atom is 0.331 e. The van der Waals surface area contributed by atoms with Crippen LogP contribution >= 0.6 is 0 Å². The van der Waals surface area contributed by atoms with E-state index in [1.54, 1.807) is 11.9 Å². The zero-order valence-electron chi connectivity index (χ0n) is 17.4. The van der Waals surface area contributed by atoms with Gasteiger partial charge >= 0.3 is 5.97 Å². The lowest BCUT2D eigenvalue weighted by Gasteiger charge is -2.32. The molecular formula is C24H30N2O3. The molecule has 1 heterocycles. The third kappa shape index (κ3) is 4.85. The molecule has 0 bridgehead atoms. The number of nitrogens with zero attached hydrogens (tertiary/aromatic N) is 1. The molecule has 5 heteroatoms. The Bertz CT molecular complexity index is 809. The van der Waals surface area contributed by atoms with Gasteiger partial charge in [-0.2, -0.15) is 0 Å². The molecule has 154 valence electrons. The summed E-state index contributed by atoms with van der Waals surface area (Å²) in [6, 6.07) is 18.7. The van der Waals surface area contributed by atoms with Crippen LogP contribution in [0.3, 0.4) is 0 Å². The summed E-state index contributed by atoms with van der Waals surface area (Å²) in [5.74, 6) is -0.255. The molecule has 2 aromatic carbocycles. The standard InChI is InChI=1S/C24H30N2O3/c1-4-17(2)22(25-3)23(27)26-20(15-18-11-7-5-8-12-18)24(28)29-21(26)16-19-13-9-6-10-14-19/h5-14,17,20-22,25H,4,15-16H2,1-3H3/t17?,20-,21-,22?/m0/s1. The topological polar surface area (TPSA) is 58.6 Å². The van der Waals surface area contributed by atoms with E-state index in [2.05, 4.69) is 19.2 Å². The summed E-state index contributed by atoms with van der Waals surface area (Å²) in [4.78, 5) is 28.0. The number of carbonyl (C=O) groups excluding carboxylic acids is 2. The van der Waals surface area contributed by atoms with Crippen LogP contribution < -0.4 is 5.32 Å². The fourth-order valence-corrected chi connectivity index (χ4v) is 3.90. The number of rotatable bonds is 8. The number of carbonyl (C=O) groups is 2. The van der Waals surface area contributed by atoms with E-state index in [0.29, 0.717) is 12.8 Å². The van der Waals surface area contributed by atoms with Crippen LogP contribution in [-0.2, 0) is 27.2 Å². The lowest BCUT2D eigenvalue weighted by Crippen LogP contribution is -2.54. The van der Waals surface area contributed by atoms with Gasteiger partial charge in [-0.3, -0.25) is 9.69 Å². The Morgan fingerprint density at radius 3 is 2.10 bits per heavy atom. The lowest BCUT2D eigenvalue weighted by atomic mass is 9.96. The second kappa shape index (κ2) is 9.70. The average Bonchev–Trinajstić information content (AvgIpc) is 3.04. The molecule has 29 heavy (non-hydrogen) atoms. The molecule has 0 aromatic heterocycles. The molecule has 2 aromatic rings. The van der Waals surface area contributed by atoms with E-state index < -0.39 is 12.3 Å². The summed E-state index contributed by atoms with van der Waals surface area (Å²) >= 11 is 0. The van der Waals surface area contributed by atoms with E-state index in [-0.39, 0.29) is 23.8 Å². The molecule has 1 aliphatic rings. The number of esters is 1. The third-order valence-corrected chi connectivity index (χ3v) is 5.74.